The molecule has 0 bridgehead atoms. The van der Waals surface area contributed by atoms with Gasteiger partial charge in [0.15, 0.2) is 0 Å². The van der Waals surface area contributed by atoms with E-state index < -0.39 is 30.0 Å². The Kier molecular flexibility index (Phi) is 12.9. The van der Waals surface area contributed by atoms with Gasteiger partial charge in [-0.05, 0) is 82.6 Å². The lowest BCUT2D eigenvalue weighted by molar-refractivity contribution is 0.480. The van der Waals surface area contributed by atoms with Crippen molar-refractivity contribution in [3.63, 3.8) is 0 Å². The number of aromatic nitrogens is 4. The molecule has 0 spiro atoms. The maximum absolute atomic E-state index is 12.9. The molecule has 72 heavy (non-hydrogen) atoms. The molecule has 10 rings (SSSR count). The number of rotatable bonds is 16. The normalized spacial score (nSPS) is 11.6. The zero-order valence-electron chi connectivity index (χ0n) is 37.8. The van der Waals surface area contributed by atoms with E-state index in [1.54, 1.807) is 24.3 Å². The molecule has 0 aliphatic heterocycles. The van der Waals surface area contributed by atoms with Gasteiger partial charge in [-0.15, -0.1) is 0 Å². The highest BCUT2D eigenvalue weighted by Gasteiger charge is 2.19. The van der Waals surface area contributed by atoms with E-state index >= 15 is 0 Å². The molecular formula is C54H42N10O6S2. The maximum Gasteiger partial charge on any atom is 0.295 e. The SMILES string of the molecule is O=S(=O)(O)c1cc(Nc2cc(Nc3ccccc3)nc(Nc3cccc4ccccc34)n2)ccc1C=Cc1ccc(Nc2cc(Nc3ccccc3)nc(Nc3cccc4ccccc34)n2)cc1S(=O)(=O)O. The highest BCUT2D eigenvalue weighted by atomic mass is 32.2. The fourth-order valence-electron chi connectivity index (χ4n) is 7.93. The number of hydrogen-bond donors (Lipinski definition) is 8. The van der Waals surface area contributed by atoms with Crippen molar-refractivity contribution in [2.45, 2.75) is 9.79 Å². The monoisotopic (exact) mass is 990 g/mol. The minimum Gasteiger partial charge on any atom is -0.340 e. The third kappa shape index (κ3) is 11.1. The van der Waals surface area contributed by atoms with Crippen LogP contribution in [0.4, 0.5) is 69.3 Å². The van der Waals surface area contributed by atoms with Gasteiger partial charge in [-0.1, -0.05) is 133 Å². The fraction of sp³-hybridized carbons (Fsp3) is 0. The third-order valence-electron chi connectivity index (χ3n) is 11.2. The van der Waals surface area contributed by atoms with Crippen LogP contribution in [0, 0.1) is 0 Å². The Hall–Kier alpha value is -9.20. The number of nitrogens with one attached hydrogen (secondary N) is 6. The average Bonchev–Trinajstić information content (AvgIpc) is 3.36. The summed E-state index contributed by atoms with van der Waals surface area (Å²) in [7, 11) is -9.72. The number of benzene rings is 8. The average molecular weight is 991 g/mol. The summed E-state index contributed by atoms with van der Waals surface area (Å²) < 4.78 is 72.7. The van der Waals surface area contributed by atoms with E-state index in [0.717, 1.165) is 44.3 Å². The number of nitrogens with zero attached hydrogens (tertiary/aromatic N) is 4. The van der Waals surface area contributed by atoms with Gasteiger partial charge in [0.05, 0.1) is 0 Å². The zero-order chi connectivity index (χ0) is 49.7. The van der Waals surface area contributed by atoms with Gasteiger partial charge in [-0.2, -0.15) is 36.8 Å². The van der Waals surface area contributed by atoms with Crippen LogP contribution in [0.15, 0.2) is 204 Å². The molecule has 0 atom stereocenters. The van der Waals surface area contributed by atoms with Gasteiger partial charge in [-0.3, -0.25) is 9.11 Å². The second-order valence-electron chi connectivity index (χ2n) is 16.2. The molecule has 18 heteroatoms. The van der Waals surface area contributed by atoms with Crippen molar-refractivity contribution in [2.75, 3.05) is 31.9 Å². The molecule has 0 amide bonds. The molecular weight excluding hydrogens is 949 g/mol. The smallest absolute Gasteiger partial charge is 0.295 e. The van der Waals surface area contributed by atoms with Gasteiger partial charge in [0.25, 0.3) is 20.2 Å². The first-order valence-corrected chi connectivity index (χ1v) is 25.1. The molecule has 2 heterocycles. The summed E-state index contributed by atoms with van der Waals surface area (Å²) in [4.78, 5) is 17.8. The molecule has 0 saturated carbocycles. The Morgan fingerprint density at radius 2 is 0.694 bits per heavy atom. The molecule has 0 aliphatic rings. The third-order valence-corrected chi connectivity index (χ3v) is 13.0. The van der Waals surface area contributed by atoms with E-state index in [9.17, 15) is 25.9 Å². The lowest BCUT2D eigenvalue weighted by Gasteiger charge is -2.15. The lowest BCUT2D eigenvalue weighted by atomic mass is 10.1. The molecule has 0 aliphatic carbocycles. The van der Waals surface area contributed by atoms with Crippen LogP contribution in [0.5, 0.6) is 0 Å². The summed E-state index contributed by atoms with van der Waals surface area (Å²) in [6.45, 7) is 0. The van der Waals surface area contributed by atoms with Crippen molar-refractivity contribution < 1.29 is 25.9 Å². The van der Waals surface area contributed by atoms with E-state index in [0.29, 0.717) is 11.6 Å². The number of para-hydroxylation sites is 2. The highest BCUT2D eigenvalue weighted by Crippen LogP contribution is 2.33. The zero-order valence-corrected chi connectivity index (χ0v) is 39.4. The molecule has 2 aromatic heterocycles. The van der Waals surface area contributed by atoms with Crippen molar-refractivity contribution in [3.8, 4) is 0 Å². The van der Waals surface area contributed by atoms with Gasteiger partial charge < -0.3 is 31.9 Å². The minimum absolute atomic E-state index is 0.0182. The summed E-state index contributed by atoms with van der Waals surface area (Å²) >= 11 is 0. The largest absolute Gasteiger partial charge is 0.340 e. The van der Waals surface area contributed by atoms with Crippen LogP contribution in [-0.2, 0) is 20.2 Å². The Morgan fingerprint density at radius 1 is 0.347 bits per heavy atom. The van der Waals surface area contributed by atoms with Crippen molar-refractivity contribution in [3.05, 3.63) is 205 Å². The Labute approximate surface area is 414 Å². The minimum atomic E-state index is -4.86. The fourth-order valence-corrected chi connectivity index (χ4v) is 9.35. The van der Waals surface area contributed by atoms with Crippen LogP contribution >= 0.6 is 0 Å². The summed E-state index contributed by atoms with van der Waals surface area (Å²) in [6.07, 6.45) is 2.64. The second kappa shape index (κ2) is 20.0. The maximum atomic E-state index is 12.9. The molecule has 16 nitrogen and oxygen atoms in total. The molecule has 0 saturated heterocycles. The van der Waals surface area contributed by atoms with Crippen LogP contribution in [0.3, 0.4) is 0 Å². The van der Waals surface area contributed by atoms with Crippen LogP contribution in [0.1, 0.15) is 11.1 Å². The van der Waals surface area contributed by atoms with Crippen molar-refractivity contribution in [2.24, 2.45) is 0 Å². The first-order chi connectivity index (χ1) is 34.9. The van der Waals surface area contributed by atoms with Crippen molar-refractivity contribution >= 4 is 123 Å². The Morgan fingerprint density at radius 3 is 1.08 bits per heavy atom. The van der Waals surface area contributed by atoms with Crippen molar-refractivity contribution in [1.29, 1.82) is 0 Å². The quantitative estimate of drug-likeness (QED) is 0.0332. The van der Waals surface area contributed by atoms with E-state index in [2.05, 4.69) is 41.9 Å². The number of fused-ring (bicyclic) bond motifs is 2. The Bertz CT molecular complexity index is 3640. The van der Waals surface area contributed by atoms with Gasteiger partial charge in [0.2, 0.25) is 11.9 Å². The van der Waals surface area contributed by atoms with Crippen LogP contribution in [-0.4, -0.2) is 45.9 Å². The van der Waals surface area contributed by atoms with Gasteiger partial charge in [-0.25, -0.2) is 0 Å². The predicted molar refractivity (Wildman–Crippen MR) is 286 cm³/mol. The number of hydrogen-bond acceptors (Lipinski definition) is 14. The van der Waals surface area contributed by atoms with Gasteiger partial charge in [0.1, 0.15) is 33.1 Å². The van der Waals surface area contributed by atoms with E-state index in [-0.39, 0.29) is 46.0 Å². The second-order valence-corrected chi connectivity index (χ2v) is 19.0. The van der Waals surface area contributed by atoms with E-state index in [1.807, 2.05) is 146 Å². The summed E-state index contributed by atoms with van der Waals surface area (Å²) in [5.41, 5.74) is 3.59. The molecule has 10 aromatic rings. The van der Waals surface area contributed by atoms with Crippen LogP contribution in [0.25, 0.3) is 33.7 Å². The van der Waals surface area contributed by atoms with Crippen LogP contribution in [0.2, 0.25) is 0 Å². The number of anilines is 12. The molecule has 0 fully saturated rings. The topological polar surface area (TPSA) is 232 Å². The van der Waals surface area contributed by atoms with Crippen LogP contribution < -0.4 is 31.9 Å². The highest BCUT2D eigenvalue weighted by molar-refractivity contribution is 7.86. The summed E-state index contributed by atoms with van der Waals surface area (Å²) in [5.74, 6) is 1.89. The Balaban J connectivity index is 0.935. The molecule has 8 aromatic carbocycles. The predicted octanol–water partition coefficient (Wildman–Crippen LogP) is 12.7. The van der Waals surface area contributed by atoms with Crippen molar-refractivity contribution in [1.82, 2.24) is 19.9 Å². The van der Waals surface area contributed by atoms with E-state index in [4.69, 9.17) is 9.97 Å². The molecule has 8 N–H and O–H groups in total. The standard InChI is InChI=1S/C54H42N10O6S2/c65-71(66,67)47-31-41(57-51-33-49(55-39-17-3-1-4-18-39)61-53(63-51)59-45-23-11-15-35-13-7-9-21-43(35)45)29-27-37(47)25-26-38-28-30-42(32-48(38)72(68,69)70)58-52-34-50(56-40-19-5-2-6-20-40)62-54(64-52)60-46-24-12-16-36-14-8-10-22-44(36)46/h1-34H,(H,65,66,67)(H,68,69,70)(H3,55,57,59,61,63)(H3,56,58,60,62,64). The van der Waals surface area contributed by atoms with Gasteiger partial charge in [0, 0.05) is 57.0 Å². The molecule has 0 radical (unpaired) electrons. The molecule has 356 valence electrons. The summed E-state index contributed by atoms with van der Waals surface area (Å²) in [5, 5.41) is 23.4. The molecule has 0 unspecified atom stereocenters. The van der Waals surface area contributed by atoms with Gasteiger partial charge >= 0.3 is 0 Å². The first-order valence-electron chi connectivity index (χ1n) is 22.2. The first kappa shape index (κ1) is 46.5. The lowest BCUT2D eigenvalue weighted by Crippen LogP contribution is -2.06. The van der Waals surface area contributed by atoms with E-state index in [1.165, 1.54) is 36.4 Å². The summed E-state index contributed by atoms with van der Waals surface area (Å²) in [6, 6.07) is 58.0.